The fraction of sp³-hybridized carbons (Fsp3) is 0.250. The van der Waals surface area contributed by atoms with Crippen LogP contribution in [0.4, 0.5) is 24.7 Å². The largest absolute Gasteiger partial charge is 0.386 e. The highest BCUT2D eigenvalue weighted by Crippen LogP contribution is 2.33. The van der Waals surface area contributed by atoms with E-state index in [9.17, 15) is 13.2 Å². The quantitative estimate of drug-likeness (QED) is 0.836. The van der Waals surface area contributed by atoms with E-state index in [1.165, 1.54) is 6.20 Å². The van der Waals surface area contributed by atoms with E-state index in [4.69, 9.17) is 0 Å². The van der Waals surface area contributed by atoms with Crippen molar-refractivity contribution in [2.75, 3.05) is 31.4 Å². The molecular formula is C12H12F3N3. The van der Waals surface area contributed by atoms with Crippen molar-refractivity contribution in [1.29, 1.82) is 0 Å². The second-order valence-corrected chi connectivity index (χ2v) is 4.05. The summed E-state index contributed by atoms with van der Waals surface area (Å²) < 4.78 is 40.5. The molecule has 0 atom stereocenters. The van der Waals surface area contributed by atoms with Crippen LogP contribution in [0, 0.1) is 17.5 Å². The van der Waals surface area contributed by atoms with Gasteiger partial charge in [-0.25, -0.2) is 18.2 Å². The van der Waals surface area contributed by atoms with Crippen molar-refractivity contribution in [3.63, 3.8) is 0 Å². The third-order valence-corrected chi connectivity index (χ3v) is 2.68. The van der Waals surface area contributed by atoms with Gasteiger partial charge in [-0.3, -0.25) is 0 Å². The second kappa shape index (κ2) is 4.36. The van der Waals surface area contributed by atoms with E-state index >= 15 is 0 Å². The molecule has 0 aliphatic carbocycles. The lowest BCUT2D eigenvalue weighted by molar-refractivity contribution is 0.453. The Balaban J connectivity index is 2.96. The molecular weight excluding hydrogens is 243 g/mol. The second-order valence-electron chi connectivity index (χ2n) is 4.05. The average molecular weight is 255 g/mol. The first kappa shape index (κ1) is 12.5. The van der Waals surface area contributed by atoms with Gasteiger partial charge in [0.2, 0.25) is 0 Å². The molecule has 6 heteroatoms. The van der Waals surface area contributed by atoms with Crippen LogP contribution < -0.4 is 10.2 Å². The number of halogens is 3. The Morgan fingerprint density at radius 2 is 1.83 bits per heavy atom. The fourth-order valence-electron chi connectivity index (χ4n) is 1.82. The van der Waals surface area contributed by atoms with Gasteiger partial charge in [-0.2, -0.15) is 0 Å². The highest BCUT2D eigenvalue weighted by molar-refractivity contribution is 6.00. The molecule has 1 aromatic carbocycles. The summed E-state index contributed by atoms with van der Waals surface area (Å²) in [5.41, 5.74) is 0.438. The SMILES string of the molecule is CNc1cnc(N(C)C)c2c(F)c(F)c(F)cc12. The van der Waals surface area contributed by atoms with Gasteiger partial charge in [0.05, 0.1) is 17.3 Å². The lowest BCUT2D eigenvalue weighted by Gasteiger charge is -2.17. The molecule has 0 aliphatic heterocycles. The first-order valence-electron chi connectivity index (χ1n) is 5.28. The van der Waals surface area contributed by atoms with E-state index in [1.807, 2.05) is 0 Å². The topological polar surface area (TPSA) is 28.2 Å². The standard InChI is InChI=1S/C12H12F3N3/c1-16-8-5-17-12(18(2)3)9-6(8)4-7(13)10(14)11(9)15/h4-5,16H,1-3H3. The smallest absolute Gasteiger partial charge is 0.195 e. The summed E-state index contributed by atoms with van der Waals surface area (Å²) in [4.78, 5) is 5.59. The molecule has 0 fully saturated rings. The number of hydrogen-bond acceptors (Lipinski definition) is 3. The van der Waals surface area contributed by atoms with Crippen LogP contribution in [-0.4, -0.2) is 26.1 Å². The van der Waals surface area contributed by atoms with Crippen LogP contribution in [0.3, 0.4) is 0 Å². The Morgan fingerprint density at radius 1 is 1.17 bits per heavy atom. The third-order valence-electron chi connectivity index (χ3n) is 2.68. The monoisotopic (exact) mass is 255 g/mol. The first-order valence-corrected chi connectivity index (χ1v) is 5.28. The molecule has 0 saturated carbocycles. The van der Waals surface area contributed by atoms with Crippen LogP contribution in [0.15, 0.2) is 12.3 Å². The predicted molar refractivity (Wildman–Crippen MR) is 65.5 cm³/mol. The Kier molecular flexibility index (Phi) is 3.02. The maximum atomic E-state index is 13.9. The molecule has 1 aromatic heterocycles. The molecule has 0 bridgehead atoms. The summed E-state index contributed by atoms with van der Waals surface area (Å²) in [5, 5.41) is 2.99. The maximum absolute atomic E-state index is 13.9. The van der Waals surface area contributed by atoms with E-state index < -0.39 is 17.5 Å². The number of nitrogens with one attached hydrogen (secondary N) is 1. The third kappa shape index (κ3) is 1.73. The molecule has 18 heavy (non-hydrogen) atoms. The van der Waals surface area contributed by atoms with E-state index in [-0.39, 0.29) is 16.6 Å². The van der Waals surface area contributed by atoms with Gasteiger partial charge in [0.15, 0.2) is 17.5 Å². The van der Waals surface area contributed by atoms with Crippen molar-refractivity contribution in [3.05, 3.63) is 29.7 Å². The molecule has 2 rings (SSSR count). The molecule has 0 saturated heterocycles. The maximum Gasteiger partial charge on any atom is 0.195 e. The van der Waals surface area contributed by atoms with Gasteiger partial charge in [-0.15, -0.1) is 0 Å². The number of anilines is 2. The molecule has 1 N–H and O–H groups in total. The van der Waals surface area contributed by atoms with E-state index in [1.54, 1.807) is 26.0 Å². The zero-order valence-electron chi connectivity index (χ0n) is 10.2. The number of nitrogens with zero attached hydrogens (tertiary/aromatic N) is 2. The molecule has 2 aromatic rings. The van der Waals surface area contributed by atoms with Crippen LogP contribution in [0.2, 0.25) is 0 Å². The molecule has 0 radical (unpaired) electrons. The molecule has 96 valence electrons. The minimum absolute atomic E-state index is 0.0363. The highest BCUT2D eigenvalue weighted by Gasteiger charge is 2.19. The average Bonchev–Trinajstić information content (AvgIpc) is 2.34. The highest BCUT2D eigenvalue weighted by atomic mass is 19.2. The summed E-state index contributed by atoms with van der Waals surface area (Å²) in [6.07, 6.45) is 1.45. The number of benzene rings is 1. The van der Waals surface area contributed by atoms with Crippen molar-refractivity contribution in [1.82, 2.24) is 4.98 Å². The van der Waals surface area contributed by atoms with Crippen LogP contribution in [0.1, 0.15) is 0 Å². The molecule has 0 aliphatic rings. The number of hydrogen-bond donors (Lipinski definition) is 1. The van der Waals surface area contributed by atoms with Crippen LogP contribution in [0.25, 0.3) is 10.8 Å². The van der Waals surface area contributed by atoms with E-state index in [0.717, 1.165) is 6.07 Å². The molecule has 1 heterocycles. The predicted octanol–water partition coefficient (Wildman–Crippen LogP) is 2.76. The van der Waals surface area contributed by atoms with Crippen molar-refractivity contribution in [2.45, 2.75) is 0 Å². The van der Waals surface area contributed by atoms with Gasteiger partial charge in [-0.1, -0.05) is 0 Å². The Labute approximate surface area is 102 Å². The number of fused-ring (bicyclic) bond motifs is 1. The summed E-state index contributed by atoms with van der Waals surface area (Å²) in [6.45, 7) is 0. The zero-order valence-corrected chi connectivity index (χ0v) is 10.2. The van der Waals surface area contributed by atoms with E-state index in [0.29, 0.717) is 5.69 Å². The minimum Gasteiger partial charge on any atom is -0.386 e. The Bertz CT molecular complexity index is 611. The molecule has 3 nitrogen and oxygen atoms in total. The minimum atomic E-state index is -1.49. The van der Waals surface area contributed by atoms with Crippen molar-refractivity contribution >= 4 is 22.3 Å². The van der Waals surface area contributed by atoms with Crippen molar-refractivity contribution < 1.29 is 13.2 Å². The molecule has 0 spiro atoms. The van der Waals surface area contributed by atoms with Gasteiger partial charge in [-0.05, 0) is 6.07 Å². The Morgan fingerprint density at radius 3 is 2.39 bits per heavy atom. The number of aromatic nitrogens is 1. The van der Waals surface area contributed by atoms with Gasteiger partial charge in [0.1, 0.15) is 5.82 Å². The number of rotatable bonds is 2. The first-order chi connectivity index (χ1) is 8.47. The van der Waals surface area contributed by atoms with E-state index in [2.05, 4.69) is 10.3 Å². The lowest BCUT2D eigenvalue weighted by Crippen LogP contribution is -2.13. The zero-order chi connectivity index (χ0) is 13.4. The van der Waals surface area contributed by atoms with Gasteiger partial charge in [0.25, 0.3) is 0 Å². The molecule has 0 unspecified atom stereocenters. The summed E-state index contributed by atoms with van der Waals surface area (Å²) >= 11 is 0. The van der Waals surface area contributed by atoms with Crippen LogP contribution in [0.5, 0.6) is 0 Å². The van der Waals surface area contributed by atoms with Crippen LogP contribution in [-0.2, 0) is 0 Å². The molecule has 0 amide bonds. The summed E-state index contributed by atoms with van der Waals surface area (Å²) in [5.74, 6) is -3.67. The fourth-order valence-corrected chi connectivity index (χ4v) is 1.82. The van der Waals surface area contributed by atoms with Crippen LogP contribution >= 0.6 is 0 Å². The summed E-state index contributed by atoms with van der Waals surface area (Å²) in [6, 6.07) is 0.967. The van der Waals surface area contributed by atoms with Crippen molar-refractivity contribution in [3.8, 4) is 0 Å². The van der Waals surface area contributed by atoms with Crippen molar-refractivity contribution in [2.24, 2.45) is 0 Å². The van der Waals surface area contributed by atoms with Gasteiger partial charge in [0, 0.05) is 26.5 Å². The Hall–Kier alpha value is -1.98. The lowest BCUT2D eigenvalue weighted by atomic mass is 10.1. The summed E-state index contributed by atoms with van der Waals surface area (Å²) in [7, 11) is 4.91. The van der Waals surface area contributed by atoms with Gasteiger partial charge < -0.3 is 10.2 Å². The normalized spacial score (nSPS) is 10.8. The van der Waals surface area contributed by atoms with Gasteiger partial charge >= 0.3 is 0 Å². The number of pyridine rings is 1.